The van der Waals surface area contributed by atoms with Crippen molar-refractivity contribution in [1.82, 2.24) is 4.98 Å². The lowest BCUT2D eigenvalue weighted by Gasteiger charge is -2.27. The van der Waals surface area contributed by atoms with Crippen molar-refractivity contribution in [3.05, 3.63) is 24.5 Å². The number of amides is 1. The predicted molar refractivity (Wildman–Crippen MR) is 72.1 cm³/mol. The van der Waals surface area contributed by atoms with E-state index >= 15 is 0 Å². The minimum Gasteiger partial charge on any atom is -0.330 e. The number of carbonyl (C=O) groups is 1. The van der Waals surface area contributed by atoms with E-state index in [1.165, 1.54) is 0 Å². The zero-order valence-corrected chi connectivity index (χ0v) is 10.9. The van der Waals surface area contributed by atoms with Crippen LogP contribution in [0, 0.1) is 11.8 Å². The molecule has 4 heteroatoms. The second kappa shape index (κ2) is 5.96. The summed E-state index contributed by atoms with van der Waals surface area (Å²) in [7, 11) is 0. The van der Waals surface area contributed by atoms with Gasteiger partial charge in [-0.2, -0.15) is 0 Å². The molecule has 0 radical (unpaired) electrons. The molecule has 1 fully saturated rings. The van der Waals surface area contributed by atoms with Gasteiger partial charge in [0.2, 0.25) is 5.91 Å². The van der Waals surface area contributed by atoms with Gasteiger partial charge in [0.05, 0.1) is 0 Å². The van der Waals surface area contributed by atoms with Crippen LogP contribution in [0.25, 0.3) is 0 Å². The maximum Gasteiger partial charge on any atom is 0.230 e. The van der Waals surface area contributed by atoms with Crippen LogP contribution in [0.3, 0.4) is 0 Å². The van der Waals surface area contributed by atoms with Crippen molar-refractivity contribution in [3.8, 4) is 0 Å². The average molecular weight is 247 g/mol. The van der Waals surface area contributed by atoms with Gasteiger partial charge in [-0.25, -0.2) is 0 Å². The lowest BCUT2D eigenvalue weighted by Crippen LogP contribution is -2.39. The molecule has 0 aromatic carbocycles. The molecule has 1 aliphatic carbocycles. The van der Waals surface area contributed by atoms with Crippen molar-refractivity contribution in [1.29, 1.82) is 0 Å². The Hall–Kier alpha value is -1.42. The molecule has 1 aliphatic rings. The van der Waals surface area contributed by atoms with Crippen LogP contribution in [0.15, 0.2) is 24.5 Å². The van der Waals surface area contributed by atoms with Crippen LogP contribution in [0.4, 0.5) is 5.69 Å². The number of nitrogens with two attached hydrogens (primary N) is 1. The second-order valence-electron chi connectivity index (χ2n) is 4.82. The number of hydrogen-bond acceptors (Lipinski definition) is 3. The fourth-order valence-corrected chi connectivity index (χ4v) is 2.83. The molecule has 2 atom stereocenters. The van der Waals surface area contributed by atoms with Crippen LogP contribution in [-0.2, 0) is 4.79 Å². The zero-order valence-electron chi connectivity index (χ0n) is 10.9. The number of carbonyl (C=O) groups excluding carboxylic acids is 1. The molecule has 1 saturated carbocycles. The Morgan fingerprint density at radius 3 is 2.78 bits per heavy atom. The van der Waals surface area contributed by atoms with Crippen molar-refractivity contribution in [3.63, 3.8) is 0 Å². The third-order valence-corrected chi connectivity index (χ3v) is 3.84. The molecule has 2 unspecified atom stereocenters. The Labute approximate surface area is 108 Å². The molecule has 98 valence electrons. The van der Waals surface area contributed by atoms with Crippen LogP contribution in [-0.4, -0.2) is 24.0 Å². The lowest BCUT2D eigenvalue weighted by molar-refractivity contribution is -0.123. The van der Waals surface area contributed by atoms with Gasteiger partial charge in [0.25, 0.3) is 0 Å². The Bertz CT molecular complexity index is 393. The summed E-state index contributed by atoms with van der Waals surface area (Å²) in [5.41, 5.74) is 6.69. The molecule has 1 aromatic heterocycles. The Balaban J connectivity index is 2.15. The van der Waals surface area contributed by atoms with E-state index in [-0.39, 0.29) is 11.8 Å². The maximum absolute atomic E-state index is 12.6. The zero-order chi connectivity index (χ0) is 13.0. The summed E-state index contributed by atoms with van der Waals surface area (Å²) in [4.78, 5) is 18.4. The van der Waals surface area contributed by atoms with Crippen molar-refractivity contribution in [2.24, 2.45) is 17.6 Å². The first-order valence-electron chi connectivity index (χ1n) is 6.69. The topological polar surface area (TPSA) is 59.2 Å². The fourth-order valence-electron chi connectivity index (χ4n) is 2.83. The summed E-state index contributed by atoms with van der Waals surface area (Å²) >= 11 is 0. The molecule has 4 nitrogen and oxygen atoms in total. The molecule has 0 saturated heterocycles. The molecule has 0 spiro atoms. The summed E-state index contributed by atoms with van der Waals surface area (Å²) < 4.78 is 0. The van der Waals surface area contributed by atoms with Gasteiger partial charge in [0.1, 0.15) is 0 Å². The molecule has 1 amide bonds. The third-order valence-electron chi connectivity index (χ3n) is 3.84. The van der Waals surface area contributed by atoms with Gasteiger partial charge in [-0.3, -0.25) is 9.78 Å². The summed E-state index contributed by atoms with van der Waals surface area (Å²) in [6.07, 6.45) is 6.62. The van der Waals surface area contributed by atoms with Gasteiger partial charge < -0.3 is 10.6 Å². The first-order valence-corrected chi connectivity index (χ1v) is 6.69. The Morgan fingerprint density at radius 2 is 2.17 bits per heavy atom. The van der Waals surface area contributed by atoms with E-state index in [1.54, 1.807) is 12.4 Å². The summed E-state index contributed by atoms with van der Waals surface area (Å²) in [5.74, 6) is 0.674. The highest BCUT2D eigenvalue weighted by molar-refractivity contribution is 5.95. The smallest absolute Gasteiger partial charge is 0.230 e. The minimum atomic E-state index is 0.100. The predicted octanol–water partition coefficient (Wildman–Crippen LogP) is 1.81. The van der Waals surface area contributed by atoms with Gasteiger partial charge >= 0.3 is 0 Å². The van der Waals surface area contributed by atoms with Gasteiger partial charge in [0.15, 0.2) is 0 Å². The molecule has 0 aliphatic heterocycles. The van der Waals surface area contributed by atoms with E-state index < -0.39 is 0 Å². The van der Waals surface area contributed by atoms with Crippen molar-refractivity contribution in [2.75, 3.05) is 18.0 Å². The SMILES string of the molecule is CCN(C(=O)C1CCCC1CN)c1ccncc1. The third kappa shape index (κ3) is 2.53. The summed E-state index contributed by atoms with van der Waals surface area (Å²) in [6, 6.07) is 3.77. The number of aromatic nitrogens is 1. The summed E-state index contributed by atoms with van der Waals surface area (Å²) in [5, 5.41) is 0. The first-order chi connectivity index (χ1) is 8.77. The highest BCUT2D eigenvalue weighted by Gasteiger charge is 2.34. The average Bonchev–Trinajstić information content (AvgIpc) is 2.89. The molecular weight excluding hydrogens is 226 g/mol. The van der Waals surface area contributed by atoms with Gasteiger partial charge in [-0.15, -0.1) is 0 Å². The molecule has 1 heterocycles. The fraction of sp³-hybridized carbons (Fsp3) is 0.571. The molecule has 2 rings (SSSR count). The largest absolute Gasteiger partial charge is 0.330 e. The summed E-state index contributed by atoms with van der Waals surface area (Å²) in [6.45, 7) is 3.31. The van der Waals surface area contributed by atoms with Gasteiger partial charge in [-0.05, 0) is 44.4 Å². The van der Waals surface area contributed by atoms with Crippen LogP contribution < -0.4 is 10.6 Å². The lowest BCUT2D eigenvalue weighted by atomic mass is 9.94. The van der Waals surface area contributed by atoms with Crippen molar-refractivity contribution < 1.29 is 4.79 Å². The number of hydrogen-bond donors (Lipinski definition) is 1. The van der Waals surface area contributed by atoms with E-state index in [0.717, 1.165) is 24.9 Å². The van der Waals surface area contributed by atoms with Crippen LogP contribution in [0.5, 0.6) is 0 Å². The Kier molecular flexibility index (Phi) is 4.31. The highest BCUT2D eigenvalue weighted by Crippen LogP contribution is 2.33. The Morgan fingerprint density at radius 1 is 1.44 bits per heavy atom. The van der Waals surface area contributed by atoms with Crippen LogP contribution >= 0.6 is 0 Å². The standard InChI is InChI=1S/C14H21N3O/c1-2-17(12-6-8-16-9-7-12)14(18)13-5-3-4-11(13)10-15/h6-9,11,13H,2-5,10,15H2,1H3. The molecular formula is C14H21N3O. The van der Waals surface area contributed by atoms with E-state index in [2.05, 4.69) is 4.98 Å². The minimum absolute atomic E-state index is 0.100. The number of rotatable bonds is 4. The van der Waals surface area contributed by atoms with Crippen LogP contribution in [0.1, 0.15) is 26.2 Å². The van der Waals surface area contributed by atoms with Gasteiger partial charge in [0, 0.05) is 30.5 Å². The van der Waals surface area contributed by atoms with E-state index in [4.69, 9.17) is 5.73 Å². The molecule has 1 aromatic rings. The number of pyridine rings is 1. The number of nitrogens with zero attached hydrogens (tertiary/aromatic N) is 2. The molecule has 2 N–H and O–H groups in total. The highest BCUT2D eigenvalue weighted by atomic mass is 16.2. The van der Waals surface area contributed by atoms with Crippen LogP contribution in [0.2, 0.25) is 0 Å². The van der Waals surface area contributed by atoms with E-state index in [9.17, 15) is 4.79 Å². The quantitative estimate of drug-likeness (QED) is 0.882. The van der Waals surface area contributed by atoms with Crippen molar-refractivity contribution >= 4 is 11.6 Å². The first kappa shape index (κ1) is 13.0. The molecule has 0 bridgehead atoms. The monoisotopic (exact) mass is 247 g/mol. The van der Waals surface area contributed by atoms with Crippen molar-refractivity contribution in [2.45, 2.75) is 26.2 Å². The normalized spacial score (nSPS) is 23.0. The number of anilines is 1. The van der Waals surface area contributed by atoms with E-state index in [0.29, 0.717) is 19.0 Å². The second-order valence-corrected chi connectivity index (χ2v) is 4.82. The molecule has 18 heavy (non-hydrogen) atoms. The maximum atomic E-state index is 12.6. The van der Waals surface area contributed by atoms with E-state index in [1.807, 2.05) is 24.0 Å². The van der Waals surface area contributed by atoms with Gasteiger partial charge in [-0.1, -0.05) is 6.42 Å².